The van der Waals surface area contributed by atoms with Crippen LogP contribution in [0.1, 0.15) is 349 Å². The fraction of sp³-hybridized carbons (Fsp3) is 0.741. The summed E-state index contributed by atoms with van der Waals surface area (Å²) in [5, 5.41) is 10.6. The molecule has 0 saturated heterocycles. The van der Waals surface area contributed by atoms with Crippen LogP contribution in [0.25, 0.3) is 0 Å². The van der Waals surface area contributed by atoms with Gasteiger partial charge in [-0.15, -0.1) is 0 Å². The zero-order chi connectivity index (χ0) is 76.0. The van der Waals surface area contributed by atoms with Gasteiger partial charge in [0.15, 0.2) is 12.2 Å². The van der Waals surface area contributed by atoms with Gasteiger partial charge in [-0.1, -0.05) is 291 Å². The molecule has 2 unspecified atom stereocenters. The maximum Gasteiger partial charge on any atom is 0.472 e. The second kappa shape index (κ2) is 76.9. The van der Waals surface area contributed by atoms with Crippen LogP contribution in [0.4, 0.5) is 0 Å². The molecule has 0 rings (SSSR count). The number of unbranched alkanes of at least 4 members (excludes halogenated alkanes) is 33. The van der Waals surface area contributed by atoms with Gasteiger partial charge < -0.3 is 33.8 Å². The Balaban J connectivity index is 5.43. The van der Waals surface area contributed by atoms with E-state index >= 15 is 0 Å². The highest BCUT2D eigenvalue weighted by molar-refractivity contribution is 7.47. The predicted molar refractivity (Wildman–Crippen MR) is 427 cm³/mol. The third kappa shape index (κ3) is 75.9. The van der Waals surface area contributed by atoms with Crippen LogP contribution in [0.15, 0.2) is 109 Å². The molecule has 19 heteroatoms. The van der Waals surface area contributed by atoms with Crippen molar-refractivity contribution in [2.24, 2.45) is 0 Å². The first kappa shape index (κ1) is 99.7. The molecule has 3 N–H and O–H groups in total. The number of hydrogen-bond acceptors (Lipinski definition) is 15. The lowest BCUT2D eigenvalue weighted by Gasteiger charge is -2.21. The van der Waals surface area contributed by atoms with Crippen LogP contribution in [0.3, 0.4) is 0 Å². The van der Waals surface area contributed by atoms with Crippen molar-refractivity contribution < 1.29 is 80.2 Å². The molecule has 600 valence electrons. The van der Waals surface area contributed by atoms with Crippen LogP contribution in [-0.4, -0.2) is 96.7 Å². The zero-order valence-electron chi connectivity index (χ0n) is 65.7. The maximum absolute atomic E-state index is 13.1. The molecule has 17 nitrogen and oxygen atoms in total. The summed E-state index contributed by atoms with van der Waals surface area (Å²) in [6.45, 7) is 4.67. The smallest absolute Gasteiger partial charge is 0.462 e. The summed E-state index contributed by atoms with van der Waals surface area (Å²) >= 11 is 0. The van der Waals surface area contributed by atoms with E-state index in [4.69, 9.17) is 37.0 Å². The number of phosphoric acid groups is 2. The number of carbonyl (C=O) groups excluding carboxylic acids is 4. The van der Waals surface area contributed by atoms with Gasteiger partial charge in [0.2, 0.25) is 0 Å². The van der Waals surface area contributed by atoms with E-state index in [-0.39, 0.29) is 25.7 Å². The fourth-order valence-corrected chi connectivity index (χ4v) is 12.5. The van der Waals surface area contributed by atoms with Crippen LogP contribution in [-0.2, 0) is 65.4 Å². The molecule has 0 saturated carbocycles. The van der Waals surface area contributed by atoms with Crippen LogP contribution < -0.4 is 0 Å². The van der Waals surface area contributed by atoms with Crippen molar-refractivity contribution in [1.29, 1.82) is 0 Å². The maximum atomic E-state index is 13.1. The monoisotopic (exact) mass is 1500 g/mol. The highest BCUT2D eigenvalue weighted by Gasteiger charge is 2.30. The SMILES string of the molecule is CC/C=C\C/C=C\C/C=C\C/C=C\C/C=C\C/C=C\CCC(=O)OC[C@H](COP(=O)(O)OC[C@@H](O)COP(=O)(O)OC[C@@H](COC(=O)CCCCCCC/C=C\CCCCCCCC)OC(=O)CCCCCCC/C=C\CCCCCCCC)OC(=O)CCCCCCCCC/C=C\CCCCCC. The summed E-state index contributed by atoms with van der Waals surface area (Å²) in [4.78, 5) is 73.0. The minimum absolute atomic E-state index is 0.0347. The van der Waals surface area contributed by atoms with Gasteiger partial charge in [0.25, 0.3) is 0 Å². The van der Waals surface area contributed by atoms with E-state index in [2.05, 4.69) is 119 Å². The molecule has 0 aliphatic carbocycles. The molecule has 0 heterocycles. The summed E-state index contributed by atoms with van der Waals surface area (Å²) in [6, 6.07) is 0. The van der Waals surface area contributed by atoms with Gasteiger partial charge in [-0.2, -0.15) is 0 Å². The van der Waals surface area contributed by atoms with Crippen LogP contribution in [0.5, 0.6) is 0 Å². The molecule has 0 radical (unpaired) electrons. The molecule has 0 amide bonds. The first-order valence-corrected chi connectivity index (χ1v) is 44.1. The molecule has 0 aliphatic heterocycles. The van der Waals surface area contributed by atoms with E-state index < -0.39 is 97.5 Å². The summed E-state index contributed by atoms with van der Waals surface area (Å²) < 4.78 is 68.6. The number of ether oxygens (including phenoxy) is 4. The molecule has 0 aromatic rings. The Morgan fingerprint density at radius 1 is 0.279 bits per heavy atom. The van der Waals surface area contributed by atoms with Gasteiger partial charge >= 0.3 is 39.5 Å². The highest BCUT2D eigenvalue weighted by atomic mass is 31.2. The number of rotatable bonds is 77. The van der Waals surface area contributed by atoms with Gasteiger partial charge in [-0.3, -0.25) is 37.3 Å². The van der Waals surface area contributed by atoms with Crippen LogP contribution in [0, 0.1) is 0 Å². The van der Waals surface area contributed by atoms with Gasteiger partial charge in [-0.25, -0.2) is 9.13 Å². The second-order valence-electron chi connectivity index (χ2n) is 27.3. The minimum atomic E-state index is -5.00. The van der Waals surface area contributed by atoms with Gasteiger partial charge in [-0.05, 0) is 141 Å². The summed E-state index contributed by atoms with van der Waals surface area (Å²) in [5.41, 5.74) is 0. The standard InChI is InChI=1S/C85H148O17P2/c1-5-9-13-17-21-25-29-33-37-38-39-40-44-46-50-54-58-62-66-70-83(88)96-76-81(102-85(90)72-68-64-60-56-52-48-43-36-32-28-24-20-16-12-8-4)78-100-104(93,94)98-74-79(86)73-97-103(91,92)99-77-80(101-84(89)71-67-63-59-55-51-47-42-35-31-27-23-19-15-11-7-3)75-95-82(87)69-65-61-57-53-49-45-41-34-30-26-22-18-14-10-6-2/h9,13,21,25,28,32-35,37,39-42,46,50,58,62,79-81,86H,5-8,10-12,14-20,22-24,26-27,29-31,36,38,43-45,47-49,51-57,59-61,63-78H2,1-4H3,(H,91,92)(H,93,94)/b13-9-,25-21-,32-28-,37-33-,40-39-,41-34-,42-35-,50-46-,62-58-/t79-,80+,81+/m0/s1. The molecule has 0 aromatic heterocycles. The fourth-order valence-electron chi connectivity index (χ4n) is 10.9. The second-order valence-corrected chi connectivity index (χ2v) is 30.2. The quantitative estimate of drug-likeness (QED) is 0.0169. The van der Waals surface area contributed by atoms with Crippen molar-refractivity contribution in [3.63, 3.8) is 0 Å². The Bertz CT molecular complexity index is 2390. The third-order valence-corrected chi connectivity index (χ3v) is 19.1. The molecule has 0 spiro atoms. The van der Waals surface area contributed by atoms with E-state index in [1.165, 1.54) is 103 Å². The lowest BCUT2D eigenvalue weighted by Crippen LogP contribution is -2.30. The summed E-state index contributed by atoms with van der Waals surface area (Å²) in [7, 11) is -9.98. The van der Waals surface area contributed by atoms with Gasteiger partial charge in [0.05, 0.1) is 26.4 Å². The number of aliphatic hydroxyl groups excluding tert-OH is 1. The topological polar surface area (TPSA) is 237 Å². The molecular weight excluding hydrogens is 1350 g/mol. The normalized spacial score (nSPS) is 14.4. The molecular formula is C85H148O17P2. The number of hydrogen-bond donors (Lipinski definition) is 3. The molecule has 0 bridgehead atoms. The van der Waals surface area contributed by atoms with Crippen molar-refractivity contribution in [2.75, 3.05) is 39.6 Å². The lowest BCUT2D eigenvalue weighted by atomic mass is 10.1. The lowest BCUT2D eigenvalue weighted by molar-refractivity contribution is -0.161. The van der Waals surface area contributed by atoms with Crippen LogP contribution in [0.2, 0.25) is 0 Å². The Labute approximate surface area is 632 Å². The van der Waals surface area contributed by atoms with E-state index in [9.17, 15) is 43.2 Å². The van der Waals surface area contributed by atoms with Gasteiger partial charge in [0.1, 0.15) is 19.3 Å². The highest BCUT2D eigenvalue weighted by Crippen LogP contribution is 2.45. The Morgan fingerprint density at radius 3 is 0.837 bits per heavy atom. The van der Waals surface area contributed by atoms with Crippen molar-refractivity contribution >= 4 is 39.5 Å². The number of esters is 4. The largest absolute Gasteiger partial charge is 0.472 e. The van der Waals surface area contributed by atoms with Crippen molar-refractivity contribution in [3.05, 3.63) is 109 Å². The molecule has 0 fully saturated rings. The molecule has 5 atom stereocenters. The summed E-state index contributed by atoms with van der Waals surface area (Å²) in [6.07, 6.45) is 83.6. The van der Waals surface area contributed by atoms with Crippen LogP contribution >= 0.6 is 15.6 Å². The Morgan fingerprint density at radius 2 is 0.519 bits per heavy atom. The van der Waals surface area contributed by atoms with E-state index in [0.29, 0.717) is 32.1 Å². The van der Waals surface area contributed by atoms with Crippen molar-refractivity contribution in [2.45, 2.75) is 367 Å². The Hall–Kier alpha value is -4.28. The minimum Gasteiger partial charge on any atom is -0.462 e. The van der Waals surface area contributed by atoms with E-state index in [1.807, 2.05) is 18.2 Å². The van der Waals surface area contributed by atoms with Crippen molar-refractivity contribution in [1.82, 2.24) is 0 Å². The van der Waals surface area contributed by atoms with Crippen molar-refractivity contribution in [3.8, 4) is 0 Å². The number of carbonyl (C=O) groups is 4. The number of allylic oxidation sites excluding steroid dienone is 18. The average molecular weight is 1500 g/mol. The van der Waals surface area contributed by atoms with E-state index in [0.717, 1.165) is 161 Å². The third-order valence-electron chi connectivity index (χ3n) is 17.2. The first-order valence-electron chi connectivity index (χ1n) is 41.1. The molecule has 0 aromatic carbocycles. The molecule has 104 heavy (non-hydrogen) atoms. The molecule has 0 aliphatic rings. The number of aliphatic hydroxyl groups is 1. The Kier molecular flexibility index (Phi) is 73.7. The zero-order valence-corrected chi connectivity index (χ0v) is 67.5. The predicted octanol–water partition coefficient (Wildman–Crippen LogP) is 24.1. The first-order chi connectivity index (χ1) is 50.7. The average Bonchev–Trinajstić information content (AvgIpc) is 0.918. The summed E-state index contributed by atoms with van der Waals surface area (Å²) in [5.74, 6) is -2.28. The number of phosphoric ester groups is 2. The van der Waals surface area contributed by atoms with Gasteiger partial charge in [0, 0.05) is 25.7 Å². The van der Waals surface area contributed by atoms with E-state index in [1.54, 1.807) is 0 Å².